The van der Waals surface area contributed by atoms with Crippen molar-refractivity contribution in [3.8, 4) is 0 Å². The fourth-order valence-electron chi connectivity index (χ4n) is 3.17. The first-order chi connectivity index (χ1) is 12.6. The van der Waals surface area contributed by atoms with Crippen LogP contribution in [0.1, 0.15) is 17.5 Å². The largest absolute Gasteiger partial charge is 0.394 e. The molecule has 0 atom stereocenters. The summed E-state index contributed by atoms with van der Waals surface area (Å²) >= 11 is 6.27. The van der Waals surface area contributed by atoms with Gasteiger partial charge < -0.3 is 9.80 Å². The molecule has 6 nitrogen and oxygen atoms in total. The zero-order valence-corrected chi connectivity index (χ0v) is 17.0. The van der Waals surface area contributed by atoms with Gasteiger partial charge in [-0.15, -0.1) is 0 Å². The maximum atomic E-state index is 8.74. The number of hydrogen-bond acceptors (Lipinski definition) is 4. The average Bonchev–Trinajstić information content (AvgIpc) is 2.71. The minimum atomic E-state index is -4.67. The standard InChI is InChI=1S/C19H23ClN2.H2O4S/c1-21(2)12-5-13-22-18-7-4-3-6-15(18)8-9-16-10-11-17(20)14-19(16)22;1-5(2,3)4/h3-4,6-7,10-11,14H,5,8-9,12-13H2,1-2H3;(H2,1,2,3,4). The van der Waals surface area contributed by atoms with Crippen molar-refractivity contribution < 1.29 is 17.5 Å². The third-order valence-corrected chi connectivity index (χ3v) is 4.51. The Hall–Kier alpha value is -1.64. The monoisotopic (exact) mass is 412 g/mol. The van der Waals surface area contributed by atoms with Crippen LogP contribution in [0, 0.1) is 0 Å². The predicted octanol–water partition coefficient (Wildman–Crippen LogP) is 3.88. The molecule has 0 amide bonds. The van der Waals surface area contributed by atoms with E-state index in [1.165, 1.54) is 22.5 Å². The van der Waals surface area contributed by atoms with Gasteiger partial charge in [-0.2, -0.15) is 8.42 Å². The molecule has 2 aromatic rings. The highest BCUT2D eigenvalue weighted by Gasteiger charge is 2.20. The maximum Gasteiger partial charge on any atom is 0.394 e. The molecule has 0 saturated heterocycles. The van der Waals surface area contributed by atoms with Crippen LogP contribution in [-0.2, 0) is 23.2 Å². The zero-order valence-electron chi connectivity index (χ0n) is 15.5. The number of halogens is 1. The highest BCUT2D eigenvalue weighted by atomic mass is 35.5. The average molecular weight is 413 g/mol. The number of para-hydroxylation sites is 1. The van der Waals surface area contributed by atoms with Crippen molar-refractivity contribution in [1.82, 2.24) is 4.90 Å². The molecule has 0 aliphatic carbocycles. The molecule has 0 aromatic heterocycles. The molecule has 0 unspecified atom stereocenters. The molecule has 3 rings (SSSR count). The molecule has 8 heteroatoms. The van der Waals surface area contributed by atoms with Crippen molar-refractivity contribution >= 4 is 33.4 Å². The number of hydrogen-bond donors (Lipinski definition) is 2. The SMILES string of the molecule is CN(C)CCCN1c2ccccc2CCc2ccc(Cl)cc21.O=S(=O)(O)O. The molecule has 0 bridgehead atoms. The molecular formula is C19H25ClN2O4S. The molecule has 1 aliphatic rings. The first-order valence-electron chi connectivity index (χ1n) is 8.63. The number of fused-ring (bicyclic) bond motifs is 2. The van der Waals surface area contributed by atoms with Gasteiger partial charge in [0.05, 0.1) is 0 Å². The van der Waals surface area contributed by atoms with Crippen LogP contribution < -0.4 is 4.90 Å². The van der Waals surface area contributed by atoms with Crippen LogP contribution >= 0.6 is 11.6 Å². The van der Waals surface area contributed by atoms with Gasteiger partial charge in [0.15, 0.2) is 0 Å². The summed E-state index contributed by atoms with van der Waals surface area (Å²) in [5.74, 6) is 0. The van der Waals surface area contributed by atoms with E-state index >= 15 is 0 Å². The summed E-state index contributed by atoms with van der Waals surface area (Å²) in [4.78, 5) is 4.69. The number of anilines is 2. The molecule has 0 radical (unpaired) electrons. The van der Waals surface area contributed by atoms with Crippen LogP contribution in [0.5, 0.6) is 0 Å². The Morgan fingerprint density at radius 2 is 1.63 bits per heavy atom. The van der Waals surface area contributed by atoms with Gasteiger partial charge in [-0.25, -0.2) is 0 Å². The quantitative estimate of drug-likeness (QED) is 0.742. The Morgan fingerprint density at radius 1 is 1.04 bits per heavy atom. The van der Waals surface area contributed by atoms with Crippen LogP contribution in [0.4, 0.5) is 11.4 Å². The summed E-state index contributed by atoms with van der Waals surface area (Å²) in [6.07, 6.45) is 3.30. The second-order valence-corrected chi connectivity index (χ2v) is 7.99. The molecule has 1 aliphatic heterocycles. The van der Waals surface area contributed by atoms with Gasteiger partial charge in [0.2, 0.25) is 0 Å². The molecule has 1 heterocycles. The Balaban J connectivity index is 0.000000465. The summed E-state index contributed by atoms with van der Waals surface area (Å²) in [5.41, 5.74) is 5.43. The Bertz CT molecular complexity index is 864. The van der Waals surface area contributed by atoms with Gasteiger partial charge in [0.1, 0.15) is 0 Å². The van der Waals surface area contributed by atoms with Gasteiger partial charge in [0, 0.05) is 22.9 Å². The van der Waals surface area contributed by atoms with Gasteiger partial charge in [-0.1, -0.05) is 35.9 Å². The van der Waals surface area contributed by atoms with Gasteiger partial charge in [-0.3, -0.25) is 9.11 Å². The Kier molecular flexibility index (Phi) is 7.64. The summed E-state index contributed by atoms with van der Waals surface area (Å²) < 4.78 is 31.6. The van der Waals surface area contributed by atoms with Crippen LogP contribution in [0.25, 0.3) is 0 Å². The van der Waals surface area contributed by atoms with Gasteiger partial charge in [-0.05, 0) is 69.2 Å². The summed E-state index contributed by atoms with van der Waals surface area (Å²) in [5, 5.41) is 0.816. The maximum absolute atomic E-state index is 8.74. The number of rotatable bonds is 4. The molecule has 0 saturated carbocycles. The minimum absolute atomic E-state index is 0.816. The van der Waals surface area contributed by atoms with E-state index in [4.69, 9.17) is 29.1 Å². The molecule has 2 N–H and O–H groups in total. The number of benzene rings is 2. The number of aryl methyl sites for hydroxylation is 2. The smallest absolute Gasteiger partial charge is 0.341 e. The highest BCUT2D eigenvalue weighted by Crippen LogP contribution is 2.37. The van der Waals surface area contributed by atoms with E-state index in [1.54, 1.807) is 0 Å². The zero-order chi connectivity index (χ0) is 20.0. The van der Waals surface area contributed by atoms with Crippen molar-refractivity contribution in [1.29, 1.82) is 0 Å². The van der Waals surface area contributed by atoms with E-state index < -0.39 is 10.4 Å². The molecule has 148 valence electrons. The van der Waals surface area contributed by atoms with Gasteiger partial charge in [0.25, 0.3) is 0 Å². The topological polar surface area (TPSA) is 81.1 Å². The second-order valence-electron chi connectivity index (χ2n) is 6.66. The highest BCUT2D eigenvalue weighted by molar-refractivity contribution is 7.79. The van der Waals surface area contributed by atoms with E-state index in [0.717, 1.165) is 37.4 Å². The van der Waals surface area contributed by atoms with Crippen molar-refractivity contribution in [3.63, 3.8) is 0 Å². The van der Waals surface area contributed by atoms with Gasteiger partial charge >= 0.3 is 10.4 Å². The Morgan fingerprint density at radius 3 is 2.26 bits per heavy atom. The van der Waals surface area contributed by atoms with E-state index in [0.29, 0.717) is 0 Å². The first-order valence-corrected chi connectivity index (χ1v) is 10.4. The van der Waals surface area contributed by atoms with Crippen LogP contribution in [0.15, 0.2) is 42.5 Å². The van der Waals surface area contributed by atoms with Crippen molar-refractivity contribution in [3.05, 3.63) is 58.6 Å². The van der Waals surface area contributed by atoms with E-state index in [2.05, 4.69) is 60.3 Å². The summed E-state index contributed by atoms with van der Waals surface area (Å²) in [6.45, 7) is 2.11. The normalized spacial score (nSPS) is 13.3. The number of nitrogens with zero attached hydrogens (tertiary/aromatic N) is 2. The first kappa shape index (κ1) is 21.7. The predicted molar refractivity (Wildman–Crippen MR) is 110 cm³/mol. The molecule has 0 spiro atoms. The summed E-state index contributed by atoms with van der Waals surface area (Å²) in [7, 11) is -0.414. The lowest BCUT2D eigenvalue weighted by atomic mass is 10.0. The second kappa shape index (κ2) is 9.52. The van der Waals surface area contributed by atoms with E-state index in [9.17, 15) is 0 Å². The van der Waals surface area contributed by atoms with Crippen LogP contribution in [0.2, 0.25) is 5.02 Å². The lowest BCUT2D eigenvalue weighted by Crippen LogP contribution is -2.24. The lowest BCUT2D eigenvalue weighted by Gasteiger charge is -2.27. The van der Waals surface area contributed by atoms with Crippen LogP contribution in [0.3, 0.4) is 0 Å². The fourth-order valence-corrected chi connectivity index (χ4v) is 3.34. The Labute approximate surface area is 165 Å². The van der Waals surface area contributed by atoms with Crippen molar-refractivity contribution in [2.75, 3.05) is 32.1 Å². The third kappa shape index (κ3) is 7.12. The fraction of sp³-hybridized carbons (Fsp3) is 0.368. The molecule has 2 aromatic carbocycles. The van der Waals surface area contributed by atoms with Crippen molar-refractivity contribution in [2.24, 2.45) is 0 Å². The summed E-state index contributed by atoms with van der Waals surface area (Å²) in [6, 6.07) is 15.1. The molecule has 27 heavy (non-hydrogen) atoms. The van der Waals surface area contributed by atoms with Crippen molar-refractivity contribution in [2.45, 2.75) is 19.3 Å². The van der Waals surface area contributed by atoms with E-state index in [1.807, 2.05) is 6.07 Å². The minimum Gasteiger partial charge on any atom is -0.341 e. The third-order valence-electron chi connectivity index (χ3n) is 4.27. The molecule has 0 fully saturated rings. The lowest BCUT2D eigenvalue weighted by molar-refractivity contribution is 0.381. The van der Waals surface area contributed by atoms with Crippen LogP contribution in [-0.4, -0.2) is 49.6 Å². The molecular weight excluding hydrogens is 388 g/mol. The van der Waals surface area contributed by atoms with E-state index in [-0.39, 0.29) is 0 Å².